The van der Waals surface area contributed by atoms with Crippen LogP contribution in [-0.2, 0) is 23.2 Å². The summed E-state index contributed by atoms with van der Waals surface area (Å²) in [5.74, 6) is 1.54. The zero-order valence-electron chi connectivity index (χ0n) is 21.1. The maximum absolute atomic E-state index is 12.6. The lowest BCUT2D eigenvalue weighted by Gasteiger charge is -2.20. The van der Waals surface area contributed by atoms with Crippen LogP contribution in [0.3, 0.4) is 0 Å². The van der Waals surface area contributed by atoms with Crippen LogP contribution in [0.5, 0.6) is 11.5 Å². The Labute approximate surface area is 196 Å². The summed E-state index contributed by atoms with van der Waals surface area (Å²) >= 11 is 0. The third-order valence-electron chi connectivity index (χ3n) is 6.02. The van der Waals surface area contributed by atoms with Crippen LogP contribution < -0.4 is 14.8 Å². The Morgan fingerprint density at radius 3 is 2.42 bits per heavy atom. The van der Waals surface area contributed by atoms with Gasteiger partial charge in [-0.2, -0.15) is 5.10 Å². The number of benzene rings is 1. The molecule has 1 N–H and O–H groups in total. The molecule has 1 aromatic carbocycles. The van der Waals surface area contributed by atoms with Gasteiger partial charge in [0.1, 0.15) is 11.5 Å². The number of nitrogens with zero attached hydrogens (tertiary/aromatic N) is 3. The number of hydrogen-bond donors (Lipinski definition) is 1. The summed E-state index contributed by atoms with van der Waals surface area (Å²) in [4.78, 5) is 17.4. The number of fused-ring (bicyclic) bond motifs is 1. The summed E-state index contributed by atoms with van der Waals surface area (Å²) in [6, 6.07) is 5.73. The topological polar surface area (TPSA) is 78.3 Å². The highest BCUT2D eigenvalue weighted by Gasteiger charge is 2.23. The molecule has 2 heterocycles. The molecule has 3 aromatic rings. The van der Waals surface area contributed by atoms with Crippen LogP contribution in [0.2, 0.25) is 0 Å². The standard InChI is InChI=1S/C26H36N4O3/c1-16-21(17(2)28-25-24(16)18(3)29-30(25)26(4,5)6)11-12-23(31)27-14-13-19-9-10-20(32-7)15-22(19)33-8/h9-10,15H,11-14H2,1-8H3,(H,27,31). The molecular formula is C26H36N4O3. The molecular weight excluding hydrogens is 416 g/mol. The van der Waals surface area contributed by atoms with E-state index < -0.39 is 0 Å². The number of carbonyl (C=O) groups is 1. The van der Waals surface area contributed by atoms with E-state index in [1.165, 1.54) is 5.56 Å². The quantitative estimate of drug-likeness (QED) is 0.547. The van der Waals surface area contributed by atoms with E-state index in [1.54, 1.807) is 14.2 Å². The summed E-state index contributed by atoms with van der Waals surface area (Å²) < 4.78 is 12.7. The first kappa shape index (κ1) is 24.6. The molecule has 0 fully saturated rings. The number of aryl methyl sites for hydroxylation is 3. The van der Waals surface area contributed by atoms with Gasteiger partial charge in [-0.25, -0.2) is 9.67 Å². The predicted molar refractivity (Wildman–Crippen MR) is 131 cm³/mol. The second-order valence-electron chi connectivity index (χ2n) is 9.45. The van der Waals surface area contributed by atoms with E-state index in [2.05, 4.69) is 33.0 Å². The van der Waals surface area contributed by atoms with Crippen molar-refractivity contribution in [3.8, 4) is 11.5 Å². The number of ether oxygens (including phenoxy) is 2. The van der Waals surface area contributed by atoms with Crippen LogP contribution in [0.1, 0.15) is 55.3 Å². The van der Waals surface area contributed by atoms with Gasteiger partial charge in [0.15, 0.2) is 5.65 Å². The molecule has 0 atom stereocenters. The van der Waals surface area contributed by atoms with Gasteiger partial charge in [0.2, 0.25) is 5.91 Å². The van der Waals surface area contributed by atoms with Crippen LogP contribution >= 0.6 is 0 Å². The van der Waals surface area contributed by atoms with Gasteiger partial charge < -0.3 is 14.8 Å². The second kappa shape index (κ2) is 9.81. The molecule has 3 rings (SSSR count). The van der Waals surface area contributed by atoms with Crippen molar-refractivity contribution in [3.05, 3.63) is 46.3 Å². The Morgan fingerprint density at radius 2 is 1.79 bits per heavy atom. The predicted octanol–water partition coefficient (Wildman–Crippen LogP) is 4.42. The first-order valence-electron chi connectivity index (χ1n) is 11.4. The molecule has 0 radical (unpaired) electrons. The van der Waals surface area contributed by atoms with Crippen molar-refractivity contribution in [2.45, 2.75) is 66.3 Å². The molecule has 33 heavy (non-hydrogen) atoms. The van der Waals surface area contributed by atoms with Crippen molar-refractivity contribution in [3.63, 3.8) is 0 Å². The fourth-order valence-corrected chi connectivity index (χ4v) is 4.26. The van der Waals surface area contributed by atoms with E-state index in [9.17, 15) is 4.79 Å². The molecule has 7 heteroatoms. The van der Waals surface area contributed by atoms with Crippen LogP contribution in [0.15, 0.2) is 18.2 Å². The zero-order valence-corrected chi connectivity index (χ0v) is 21.1. The average molecular weight is 453 g/mol. The molecule has 178 valence electrons. The number of methoxy groups -OCH3 is 2. The highest BCUT2D eigenvalue weighted by molar-refractivity contribution is 5.84. The summed E-state index contributed by atoms with van der Waals surface area (Å²) in [5.41, 5.74) is 6.03. The Kier molecular flexibility index (Phi) is 7.30. The number of rotatable bonds is 8. The third-order valence-corrected chi connectivity index (χ3v) is 6.02. The van der Waals surface area contributed by atoms with Crippen molar-refractivity contribution in [2.24, 2.45) is 0 Å². The second-order valence-corrected chi connectivity index (χ2v) is 9.45. The molecule has 0 aliphatic rings. The maximum Gasteiger partial charge on any atom is 0.220 e. The number of hydrogen-bond acceptors (Lipinski definition) is 5. The maximum atomic E-state index is 12.6. The van der Waals surface area contributed by atoms with Gasteiger partial charge in [-0.3, -0.25) is 4.79 Å². The van der Waals surface area contributed by atoms with E-state index in [0.29, 0.717) is 25.8 Å². The summed E-state index contributed by atoms with van der Waals surface area (Å²) in [5, 5.41) is 8.88. The van der Waals surface area contributed by atoms with Crippen LogP contribution in [0.25, 0.3) is 11.0 Å². The zero-order chi connectivity index (χ0) is 24.3. The SMILES string of the molecule is COc1ccc(CCNC(=O)CCc2c(C)nc3c(c(C)nn3C(C)(C)C)c2C)c(OC)c1. The van der Waals surface area contributed by atoms with E-state index in [-0.39, 0.29) is 11.4 Å². The van der Waals surface area contributed by atoms with Crippen molar-refractivity contribution in [1.29, 1.82) is 0 Å². The molecule has 1 amide bonds. The summed E-state index contributed by atoms with van der Waals surface area (Å²) in [7, 11) is 3.27. The molecule has 0 saturated heterocycles. The lowest BCUT2D eigenvalue weighted by molar-refractivity contribution is -0.121. The number of amides is 1. The van der Waals surface area contributed by atoms with Crippen molar-refractivity contribution in [2.75, 3.05) is 20.8 Å². The van der Waals surface area contributed by atoms with Gasteiger partial charge >= 0.3 is 0 Å². The van der Waals surface area contributed by atoms with E-state index >= 15 is 0 Å². The Hall–Kier alpha value is -3.09. The van der Waals surface area contributed by atoms with Crippen molar-refractivity contribution >= 4 is 16.9 Å². The number of aromatic nitrogens is 3. The molecule has 0 bridgehead atoms. The highest BCUT2D eigenvalue weighted by Crippen LogP contribution is 2.29. The Balaban J connectivity index is 1.66. The minimum atomic E-state index is -0.146. The van der Waals surface area contributed by atoms with Gasteiger partial charge in [-0.1, -0.05) is 6.07 Å². The van der Waals surface area contributed by atoms with Crippen molar-refractivity contribution < 1.29 is 14.3 Å². The minimum absolute atomic E-state index is 0.0310. The number of carbonyl (C=O) groups excluding carboxylic acids is 1. The number of pyridine rings is 1. The monoisotopic (exact) mass is 452 g/mol. The number of nitrogens with one attached hydrogen (secondary N) is 1. The van der Waals surface area contributed by atoms with Gasteiger partial charge in [-0.05, 0) is 77.1 Å². The Morgan fingerprint density at radius 1 is 1.06 bits per heavy atom. The van der Waals surface area contributed by atoms with Crippen LogP contribution in [0, 0.1) is 20.8 Å². The molecule has 0 aliphatic heterocycles. The fraction of sp³-hybridized carbons (Fsp3) is 0.500. The molecule has 2 aromatic heterocycles. The largest absolute Gasteiger partial charge is 0.497 e. The normalized spacial score (nSPS) is 11.6. The highest BCUT2D eigenvalue weighted by atomic mass is 16.5. The molecule has 0 unspecified atom stereocenters. The molecule has 0 spiro atoms. The summed E-state index contributed by atoms with van der Waals surface area (Å²) in [6.07, 6.45) is 1.76. The van der Waals surface area contributed by atoms with Crippen LogP contribution in [-0.4, -0.2) is 41.4 Å². The van der Waals surface area contributed by atoms with Gasteiger partial charge in [0.25, 0.3) is 0 Å². The lowest BCUT2D eigenvalue weighted by Crippen LogP contribution is -2.26. The van der Waals surface area contributed by atoms with E-state index in [0.717, 1.165) is 45.0 Å². The van der Waals surface area contributed by atoms with Crippen molar-refractivity contribution in [1.82, 2.24) is 20.1 Å². The first-order valence-corrected chi connectivity index (χ1v) is 11.4. The van der Waals surface area contributed by atoms with Gasteiger partial charge in [-0.15, -0.1) is 0 Å². The Bertz CT molecular complexity index is 1160. The molecule has 0 aliphatic carbocycles. The smallest absolute Gasteiger partial charge is 0.220 e. The minimum Gasteiger partial charge on any atom is -0.497 e. The van der Waals surface area contributed by atoms with Crippen LogP contribution in [0.4, 0.5) is 0 Å². The van der Waals surface area contributed by atoms with Gasteiger partial charge in [0.05, 0.1) is 25.5 Å². The van der Waals surface area contributed by atoms with Gasteiger partial charge in [0, 0.05) is 30.1 Å². The first-order chi connectivity index (χ1) is 15.6. The molecule has 7 nitrogen and oxygen atoms in total. The average Bonchev–Trinajstić information content (AvgIpc) is 3.10. The molecule has 0 saturated carbocycles. The van der Waals surface area contributed by atoms with E-state index in [1.807, 2.05) is 36.7 Å². The van der Waals surface area contributed by atoms with E-state index in [4.69, 9.17) is 19.6 Å². The summed E-state index contributed by atoms with van der Waals surface area (Å²) in [6.45, 7) is 13.1. The third kappa shape index (κ3) is 5.29. The lowest BCUT2D eigenvalue weighted by atomic mass is 9.99. The fourth-order valence-electron chi connectivity index (χ4n) is 4.26.